The highest BCUT2D eigenvalue weighted by molar-refractivity contribution is 7.11. The molecule has 2 rings (SSSR count). The average molecular weight is 428 g/mol. The van der Waals surface area contributed by atoms with Gasteiger partial charge in [0.25, 0.3) is 0 Å². The summed E-state index contributed by atoms with van der Waals surface area (Å²) in [6.07, 6.45) is 3.72. The van der Waals surface area contributed by atoms with E-state index in [1.54, 1.807) is 16.2 Å². The molecular weight excluding hydrogens is 390 g/mol. The van der Waals surface area contributed by atoms with E-state index in [4.69, 9.17) is 9.16 Å². The number of nitrogens with zero attached hydrogens (tertiary/aromatic N) is 2. The Kier molecular flexibility index (Phi) is 8.07. The van der Waals surface area contributed by atoms with Gasteiger partial charge < -0.3 is 19.4 Å². The Morgan fingerprint density at radius 3 is 2.61 bits per heavy atom. The first-order valence-electron chi connectivity index (χ1n) is 10.3. The minimum absolute atomic E-state index is 0.0347. The number of piperidine rings is 1. The third-order valence-electron chi connectivity index (χ3n) is 5.78. The molecule has 0 unspecified atom stereocenters. The number of aromatic nitrogens is 1. The molecule has 28 heavy (non-hydrogen) atoms. The highest BCUT2D eigenvalue weighted by Gasteiger charge is 2.39. The maximum absolute atomic E-state index is 11.8. The van der Waals surface area contributed by atoms with Gasteiger partial charge in [0.05, 0.1) is 12.7 Å². The van der Waals surface area contributed by atoms with Crippen LogP contribution in [0.3, 0.4) is 0 Å². The van der Waals surface area contributed by atoms with Crippen LogP contribution < -0.4 is 5.32 Å². The number of hydrogen-bond acceptors (Lipinski definition) is 6. The van der Waals surface area contributed by atoms with Gasteiger partial charge >= 0.3 is 6.09 Å². The predicted octanol–water partition coefficient (Wildman–Crippen LogP) is 4.94. The normalized spacial score (nSPS) is 17.6. The number of likely N-dealkylation sites (tertiary alicyclic amines) is 1. The van der Waals surface area contributed by atoms with Gasteiger partial charge in [0.2, 0.25) is 0 Å². The number of ether oxygens (including phenoxy) is 1. The van der Waals surface area contributed by atoms with Crippen LogP contribution in [-0.2, 0) is 15.7 Å². The van der Waals surface area contributed by atoms with Crippen LogP contribution in [0, 0.1) is 0 Å². The first-order chi connectivity index (χ1) is 13.0. The smallest absolute Gasteiger partial charge is 0.409 e. The fraction of sp³-hybridized carbons (Fsp3) is 0.800. The monoisotopic (exact) mass is 427 g/mol. The van der Waals surface area contributed by atoms with Crippen LogP contribution >= 0.6 is 11.3 Å². The van der Waals surface area contributed by atoms with Gasteiger partial charge in [-0.25, -0.2) is 9.78 Å². The SMILES string of the molecule is CCOC(=O)N1CCC(NCc2cnc([C@H](C)O[Si](C)(C)C(C)(C)C)s2)CC1. The van der Waals surface area contributed by atoms with Crippen LogP contribution in [0.2, 0.25) is 18.1 Å². The Morgan fingerprint density at radius 1 is 1.39 bits per heavy atom. The predicted molar refractivity (Wildman–Crippen MR) is 117 cm³/mol. The third-order valence-corrected chi connectivity index (χ3v) is 11.5. The average Bonchev–Trinajstić information content (AvgIpc) is 3.08. The molecule has 2 heterocycles. The van der Waals surface area contributed by atoms with E-state index in [-0.39, 0.29) is 17.2 Å². The van der Waals surface area contributed by atoms with Gasteiger partial charge in [-0.15, -0.1) is 11.3 Å². The Balaban J connectivity index is 1.80. The summed E-state index contributed by atoms with van der Waals surface area (Å²) in [5.41, 5.74) is 0. The summed E-state index contributed by atoms with van der Waals surface area (Å²) in [5, 5.41) is 4.86. The van der Waals surface area contributed by atoms with E-state index < -0.39 is 8.32 Å². The van der Waals surface area contributed by atoms with Crippen LogP contribution in [0.25, 0.3) is 0 Å². The molecule has 160 valence electrons. The zero-order valence-corrected chi connectivity index (χ0v) is 20.3. The number of carbonyl (C=O) groups excluding carboxylic acids is 1. The maximum atomic E-state index is 11.8. The van der Waals surface area contributed by atoms with E-state index in [2.05, 4.69) is 51.1 Å². The first kappa shape index (κ1) is 23.3. The number of hydrogen-bond donors (Lipinski definition) is 1. The lowest BCUT2D eigenvalue weighted by Gasteiger charge is -2.38. The van der Waals surface area contributed by atoms with E-state index >= 15 is 0 Å². The van der Waals surface area contributed by atoms with Crippen molar-refractivity contribution < 1.29 is 14.0 Å². The second-order valence-corrected chi connectivity index (χ2v) is 14.9. The van der Waals surface area contributed by atoms with Gasteiger partial charge in [-0.1, -0.05) is 20.8 Å². The zero-order chi connectivity index (χ0) is 20.9. The van der Waals surface area contributed by atoms with Crippen molar-refractivity contribution in [3.63, 3.8) is 0 Å². The van der Waals surface area contributed by atoms with Gasteiger partial charge in [0.1, 0.15) is 5.01 Å². The minimum atomic E-state index is -1.80. The van der Waals surface area contributed by atoms with Crippen LogP contribution in [-0.4, -0.2) is 50.0 Å². The molecule has 1 aliphatic heterocycles. The number of amides is 1. The van der Waals surface area contributed by atoms with Crippen molar-refractivity contribution in [3.05, 3.63) is 16.1 Å². The standard InChI is InChI=1S/C20H37N3O3SSi/c1-8-25-19(24)23-11-9-16(10-12-23)21-13-17-14-22-18(27-17)15(2)26-28(6,7)20(3,4)5/h14-16,21H,8-13H2,1-7H3/t15-/m0/s1. The van der Waals surface area contributed by atoms with Gasteiger partial charge in [0, 0.05) is 36.8 Å². The van der Waals surface area contributed by atoms with Crippen molar-refractivity contribution >= 4 is 25.7 Å². The molecule has 1 aromatic rings. The molecule has 0 radical (unpaired) electrons. The van der Waals surface area contributed by atoms with Crippen molar-refractivity contribution in [2.45, 2.75) is 84.3 Å². The van der Waals surface area contributed by atoms with E-state index in [0.29, 0.717) is 12.6 Å². The molecule has 1 aliphatic rings. The zero-order valence-electron chi connectivity index (χ0n) is 18.5. The highest BCUT2D eigenvalue weighted by atomic mass is 32.1. The summed E-state index contributed by atoms with van der Waals surface area (Å²) >= 11 is 1.73. The lowest BCUT2D eigenvalue weighted by Crippen LogP contribution is -2.44. The molecule has 1 aromatic heterocycles. The molecule has 0 aliphatic carbocycles. The molecule has 8 heteroatoms. The number of rotatable bonds is 7. The second-order valence-electron chi connectivity index (χ2n) is 9.03. The fourth-order valence-corrected chi connectivity index (χ4v) is 5.27. The van der Waals surface area contributed by atoms with Crippen molar-refractivity contribution in [1.82, 2.24) is 15.2 Å². The molecule has 1 atom stereocenters. The summed E-state index contributed by atoms with van der Waals surface area (Å²) in [4.78, 5) is 19.4. The van der Waals surface area contributed by atoms with E-state index in [0.717, 1.165) is 37.5 Å². The molecular formula is C20H37N3O3SSi. The van der Waals surface area contributed by atoms with E-state index in [1.165, 1.54) is 4.88 Å². The maximum Gasteiger partial charge on any atom is 0.409 e. The molecule has 0 aromatic carbocycles. The van der Waals surface area contributed by atoms with Crippen molar-refractivity contribution in [2.24, 2.45) is 0 Å². The van der Waals surface area contributed by atoms with Crippen molar-refractivity contribution in [3.8, 4) is 0 Å². The largest absolute Gasteiger partial charge is 0.450 e. The van der Waals surface area contributed by atoms with Gasteiger partial charge in [0.15, 0.2) is 8.32 Å². The van der Waals surface area contributed by atoms with Crippen LogP contribution in [0.15, 0.2) is 6.20 Å². The topological polar surface area (TPSA) is 63.7 Å². The van der Waals surface area contributed by atoms with E-state index in [9.17, 15) is 4.79 Å². The lowest BCUT2D eigenvalue weighted by molar-refractivity contribution is 0.0950. The number of nitrogens with one attached hydrogen (secondary N) is 1. The quantitative estimate of drug-likeness (QED) is 0.625. The van der Waals surface area contributed by atoms with Crippen molar-refractivity contribution in [1.29, 1.82) is 0 Å². The number of carbonyl (C=O) groups is 1. The molecule has 1 amide bonds. The van der Waals surface area contributed by atoms with Crippen LogP contribution in [0.4, 0.5) is 4.79 Å². The van der Waals surface area contributed by atoms with E-state index in [1.807, 2.05) is 13.1 Å². The van der Waals surface area contributed by atoms with Gasteiger partial charge in [-0.2, -0.15) is 0 Å². The second kappa shape index (κ2) is 9.69. The summed E-state index contributed by atoms with van der Waals surface area (Å²) in [6.45, 7) is 18.0. The first-order valence-corrected chi connectivity index (χ1v) is 14.0. The Bertz CT molecular complexity index is 637. The summed E-state index contributed by atoms with van der Waals surface area (Å²) in [7, 11) is -1.80. The molecule has 1 fully saturated rings. The fourth-order valence-electron chi connectivity index (χ4n) is 2.99. The Hall–Kier alpha value is -0.963. The summed E-state index contributed by atoms with van der Waals surface area (Å²) in [5.74, 6) is 0. The molecule has 0 saturated carbocycles. The molecule has 0 spiro atoms. The minimum Gasteiger partial charge on any atom is -0.450 e. The molecule has 1 N–H and O–H groups in total. The molecule has 1 saturated heterocycles. The Morgan fingerprint density at radius 2 is 2.04 bits per heavy atom. The van der Waals surface area contributed by atoms with Crippen molar-refractivity contribution in [2.75, 3.05) is 19.7 Å². The van der Waals surface area contributed by atoms with Crippen LogP contribution in [0.5, 0.6) is 0 Å². The third kappa shape index (κ3) is 6.27. The lowest BCUT2D eigenvalue weighted by atomic mass is 10.1. The van der Waals surface area contributed by atoms with Crippen LogP contribution in [0.1, 0.15) is 63.4 Å². The van der Waals surface area contributed by atoms with Gasteiger partial charge in [-0.05, 0) is 44.8 Å². The molecule has 0 bridgehead atoms. The highest BCUT2D eigenvalue weighted by Crippen LogP contribution is 2.40. The summed E-state index contributed by atoms with van der Waals surface area (Å²) in [6, 6.07) is 0.428. The summed E-state index contributed by atoms with van der Waals surface area (Å²) < 4.78 is 11.5. The molecule has 6 nitrogen and oxygen atoms in total. The van der Waals surface area contributed by atoms with Gasteiger partial charge in [-0.3, -0.25) is 0 Å². The Labute approximate surface area is 175 Å². The number of thiazole rings is 1.